The molecule has 0 atom stereocenters. The van der Waals surface area contributed by atoms with Gasteiger partial charge in [0.05, 0.1) is 89.0 Å². The summed E-state index contributed by atoms with van der Waals surface area (Å²) in [7, 11) is 0. The summed E-state index contributed by atoms with van der Waals surface area (Å²) < 4.78 is 13.1. The zero-order valence-electron chi connectivity index (χ0n) is 67.7. The first-order valence-electron chi connectivity index (χ1n) is 42.1. The van der Waals surface area contributed by atoms with Gasteiger partial charge in [0.2, 0.25) is 23.3 Å². The van der Waals surface area contributed by atoms with Crippen molar-refractivity contribution in [2.75, 3.05) is 0 Å². The molecule has 0 radical (unpaired) electrons. The van der Waals surface area contributed by atoms with Gasteiger partial charge in [-0.15, -0.1) is 0 Å². The number of rotatable bonds is 11. The Morgan fingerprint density at radius 1 is 0.151 bits per heavy atom. The summed E-state index contributed by atoms with van der Waals surface area (Å²) in [5.41, 5.74) is 26.4. The molecule has 590 valence electrons. The molecule has 26 aromatic rings. The molecule has 0 N–H and O–H groups in total. The third kappa shape index (κ3) is 12.6. The second-order valence-corrected chi connectivity index (χ2v) is 31.3. The van der Waals surface area contributed by atoms with Gasteiger partial charge in [-0.3, -0.25) is 22.3 Å². The van der Waals surface area contributed by atoms with Crippen LogP contribution < -0.4 is 0 Å². The molecular formula is C111H71N15. The van der Waals surface area contributed by atoms with E-state index < -0.39 is 0 Å². The van der Waals surface area contributed by atoms with Crippen molar-refractivity contribution in [2.45, 2.75) is 0 Å². The fourth-order valence-electron chi connectivity index (χ4n) is 18.0. The molecular weight excluding hydrogens is 1540 g/mol. The van der Waals surface area contributed by atoms with Crippen LogP contribution in [0.2, 0.25) is 0 Å². The van der Waals surface area contributed by atoms with Gasteiger partial charge < -0.3 is 0 Å². The van der Waals surface area contributed by atoms with Crippen LogP contribution >= 0.6 is 0 Å². The van der Waals surface area contributed by atoms with Crippen molar-refractivity contribution >= 4 is 116 Å². The summed E-state index contributed by atoms with van der Waals surface area (Å²) in [6, 6.07) is 149. The van der Waals surface area contributed by atoms with Gasteiger partial charge in [-0.25, -0.2) is 49.4 Å². The van der Waals surface area contributed by atoms with Crippen molar-refractivity contribution in [3.05, 3.63) is 431 Å². The highest BCUT2D eigenvalue weighted by Crippen LogP contribution is 2.42. The Hall–Kier alpha value is -17.4. The Kier molecular flexibility index (Phi) is 17.5. The molecule has 0 aliphatic rings. The third-order valence-corrected chi connectivity index (χ3v) is 23.8. The molecule has 0 bridgehead atoms. The molecule has 17 aromatic carbocycles. The Labute approximate surface area is 721 Å². The van der Waals surface area contributed by atoms with E-state index in [1.165, 1.54) is 37.9 Å². The van der Waals surface area contributed by atoms with Crippen LogP contribution in [-0.4, -0.2) is 71.8 Å². The summed E-state index contributed by atoms with van der Waals surface area (Å²) in [4.78, 5) is 45.8. The molecule has 0 saturated carbocycles. The van der Waals surface area contributed by atoms with Crippen molar-refractivity contribution in [1.82, 2.24) is 71.8 Å². The Morgan fingerprint density at radius 3 is 0.857 bits per heavy atom. The average Bonchev–Trinajstić information content (AvgIpc) is 1.55. The van der Waals surface area contributed by atoms with Gasteiger partial charge in [-0.05, 0) is 140 Å². The summed E-state index contributed by atoms with van der Waals surface area (Å²) in [5.74, 6) is 5.92. The van der Waals surface area contributed by atoms with Crippen LogP contribution in [0.1, 0.15) is 0 Å². The maximum atomic E-state index is 5.21. The van der Waals surface area contributed by atoms with Crippen LogP contribution in [0.4, 0.5) is 0 Å². The molecule has 0 aliphatic carbocycles. The van der Waals surface area contributed by atoms with E-state index >= 15 is 0 Å². The maximum Gasteiger partial charge on any atom is 0.238 e. The van der Waals surface area contributed by atoms with Crippen molar-refractivity contribution in [2.24, 2.45) is 0 Å². The predicted molar refractivity (Wildman–Crippen MR) is 511 cm³/mol. The fraction of sp³-hybridized carbons (Fsp3) is 0. The molecule has 9 heterocycles. The predicted octanol–water partition coefficient (Wildman–Crippen LogP) is 26.5. The van der Waals surface area contributed by atoms with Crippen LogP contribution in [0.5, 0.6) is 0 Å². The smallest absolute Gasteiger partial charge is 0.238 e. The number of para-hydroxylation sites is 8. The number of nitrogens with zero attached hydrogens (tertiary/aromatic N) is 15. The zero-order valence-corrected chi connectivity index (χ0v) is 67.7. The number of benzene rings is 17. The van der Waals surface area contributed by atoms with E-state index in [0.29, 0.717) is 17.6 Å². The van der Waals surface area contributed by atoms with Gasteiger partial charge in [-0.2, -0.15) is 0 Å². The largest absolute Gasteiger partial charge is 0.276 e. The van der Waals surface area contributed by atoms with Gasteiger partial charge in [0.1, 0.15) is 11.6 Å². The molecule has 0 amide bonds. The number of aromatic nitrogens is 15. The van der Waals surface area contributed by atoms with Gasteiger partial charge in [0, 0.05) is 45.5 Å². The lowest BCUT2D eigenvalue weighted by molar-refractivity contribution is 0.972. The van der Waals surface area contributed by atoms with E-state index in [1.807, 2.05) is 176 Å². The lowest BCUT2D eigenvalue weighted by atomic mass is 9.92. The maximum absolute atomic E-state index is 5.21. The highest BCUT2D eigenvalue weighted by Gasteiger charge is 2.26. The topological polar surface area (TPSA) is 144 Å². The monoisotopic (exact) mass is 1610 g/mol. The minimum atomic E-state index is 0.576. The minimum Gasteiger partial charge on any atom is -0.276 e. The van der Waals surface area contributed by atoms with Crippen LogP contribution in [0.15, 0.2) is 431 Å². The first-order chi connectivity index (χ1) is 62.5. The lowest BCUT2D eigenvalue weighted by Crippen LogP contribution is -2.04. The highest BCUT2D eigenvalue weighted by molar-refractivity contribution is 6.26. The summed E-state index contributed by atoms with van der Waals surface area (Å²) in [5, 5.41) is 7.60. The molecule has 0 fully saturated rings. The zero-order chi connectivity index (χ0) is 83.1. The quantitative estimate of drug-likeness (QED) is 0.116. The summed E-state index contributed by atoms with van der Waals surface area (Å²) in [6.45, 7) is 0. The van der Waals surface area contributed by atoms with E-state index in [4.69, 9.17) is 44.9 Å². The third-order valence-electron chi connectivity index (χ3n) is 23.8. The van der Waals surface area contributed by atoms with E-state index in [-0.39, 0.29) is 0 Å². The van der Waals surface area contributed by atoms with Gasteiger partial charge in [0.15, 0.2) is 11.6 Å². The lowest BCUT2D eigenvalue weighted by Gasteiger charge is -2.12. The molecule has 26 rings (SSSR count). The van der Waals surface area contributed by atoms with Crippen molar-refractivity contribution in [1.29, 1.82) is 0 Å². The van der Waals surface area contributed by atoms with Gasteiger partial charge in [-0.1, -0.05) is 334 Å². The fourth-order valence-corrected chi connectivity index (χ4v) is 18.0. The number of hydrogen-bond acceptors (Lipinski definition) is 9. The Bertz CT molecular complexity index is 8490. The van der Waals surface area contributed by atoms with Gasteiger partial charge in [0.25, 0.3) is 0 Å². The summed E-state index contributed by atoms with van der Waals surface area (Å²) in [6.07, 6.45) is 0. The molecule has 0 spiro atoms. The first-order valence-corrected chi connectivity index (χ1v) is 42.1. The summed E-state index contributed by atoms with van der Waals surface area (Å²) >= 11 is 0. The highest BCUT2D eigenvalue weighted by atomic mass is 15.3. The molecule has 0 unspecified atom stereocenters. The van der Waals surface area contributed by atoms with Crippen LogP contribution in [0.25, 0.3) is 223 Å². The van der Waals surface area contributed by atoms with Crippen molar-refractivity contribution in [3.8, 4) is 108 Å². The van der Waals surface area contributed by atoms with Crippen LogP contribution in [0.3, 0.4) is 0 Å². The van der Waals surface area contributed by atoms with E-state index in [2.05, 4.69) is 282 Å². The SMILES string of the molecule is c1ccc(-c2cc(-c3ccccc3)nc(-n3c4ccc(-c5ccc6c7ccccc7c7ccccc7c6c5)cc4n4c5ccccc5nc34)n2)cc1.c1ccc(-c2cc(-n3c4ccccc4n4c5ccccc5nc34)nc(-c3ccccc3)n2)cc1.c1ccc(-c2ccc3c(c2)n2c4ccccc4nc2n3-c2cc(-c3ccccc3)nc(-c3ccccc3)n2)cc1. The van der Waals surface area contributed by atoms with Crippen molar-refractivity contribution in [3.63, 3.8) is 0 Å². The van der Waals surface area contributed by atoms with E-state index in [1.54, 1.807) is 0 Å². The minimum absolute atomic E-state index is 0.576. The van der Waals surface area contributed by atoms with Crippen LogP contribution in [0, 0.1) is 0 Å². The van der Waals surface area contributed by atoms with E-state index in [0.717, 1.165) is 168 Å². The molecule has 15 nitrogen and oxygen atoms in total. The molecule has 126 heavy (non-hydrogen) atoms. The standard InChI is InChI=1S/C47H29N5.C35H23N5.C29H19N5/c1-3-13-30(14-4-1)41-29-42(31-15-5-2-6-16-31)49-46(48-41)52-44-26-24-33(28-45(44)51-43-22-12-11-21-40(43)50-47(51)52)32-23-25-38-36-19-8-7-17-34(36)35-18-9-10-20-37(35)39(38)27-32;1-4-12-24(13-5-1)27-20-21-31-32(22-27)39-30-19-11-10-18-28(30)37-35(39)40(31)33-23-29(25-14-6-2-7-15-25)36-34(38-33)26-16-8-3-9-17-26;1-3-11-20(12-4-1)23-19-27(32-28(30-23)21-13-5-2-6-14-21)34-26-18-10-9-17-25(26)33-24-16-8-7-15-22(24)31-29(33)34/h1-29H;1-23H;1-19H. The van der Waals surface area contributed by atoms with Gasteiger partial charge >= 0.3 is 0 Å². The normalized spacial score (nSPS) is 11.7. The first kappa shape index (κ1) is 72.6. The number of imidazole rings is 6. The molecule has 0 saturated heterocycles. The number of fused-ring (bicyclic) bond motifs is 21. The molecule has 15 heteroatoms. The van der Waals surface area contributed by atoms with Crippen LogP contribution in [-0.2, 0) is 0 Å². The van der Waals surface area contributed by atoms with Crippen molar-refractivity contribution < 1.29 is 0 Å². The Balaban J connectivity index is 0.000000108. The van der Waals surface area contributed by atoms with E-state index in [9.17, 15) is 0 Å². The molecule has 9 aromatic heterocycles. The molecule has 0 aliphatic heterocycles. The average molecular weight is 1610 g/mol. The second kappa shape index (κ2) is 30.4. The number of hydrogen-bond donors (Lipinski definition) is 0. The Morgan fingerprint density at radius 2 is 0.437 bits per heavy atom. The second-order valence-electron chi connectivity index (χ2n) is 31.3.